The molecule has 4 aromatic rings. The number of aliphatic carboxylic acids is 1. The molecular formula is C26H31N7O7S. The fourth-order valence-electron chi connectivity index (χ4n) is 5.37. The number of fused-ring (bicyclic) bond motifs is 1. The van der Waals surface area contributed by atoms with Gasteiger partial charge in [0.1, 0.15) is 10.7 Å². The Bertz CT molecular complexity index is 1720. The number of ether oxygens (including phenoxy) is 2. The number of aryl methyl sites for hydroxylation is 1. The summed E-state index contributed by atoms with van der Waals surface area (Å²) in [6.45, 7) is 0.374. The van der Waals surface area contributed by atoms with Gasteiger partial charge in [-0.05, 0) is 37.8 Å². The highest BCUT2D eigenvalue weighted by atomic mass is 32.2. The highest BCUT2D eigenvalue weighted by molar-refractivity contribution is 7.91. The minimum atomic E-state index is -3.84. The number of pyridine rings is 1. The zero-order chi connectivity index (χ0) is 29.5. The Labute approximate surface area is 235 Å². The molecule has 1 aliphatic rings. The Morgan fingerprint density at radius 2 is 2.00 bits per heavy atom. The fraction of sp³-hybridized carbons (Fsp3) is 0.423. The Morgan fingerprint density at radius 3 is 2.59 bits per heavy atom. The molecule has 1 saturated carbocycles. The second-order valence-corrected chi connectivity index (χ2v) is 12.1. The molecule has 4 heterocycles. The number of aromatic nitrogens is 6. The van der Waals surface area contributed by atoms with Crippen LogP contribution in [-0.4, -0.2) is 76.1 Å². The minimum absolute atomic E-state index is 0.106. The van der Waals surface area contributed by atoms with Crippen LogP contribution in [0.25, 0.3) is 28.2 Å². The topological polar surface area (TPSA) is 191 Å². The van der Waals surface area contributed by atoms with E-state index in [9.17, 15) is 23.5 Å². The summed E-state index contributed by atoms with van der Waals surface area (Å²) in [7, 11) is -0.580. The van der Waals surface area contributed by atoms with Crippen molar-refractivity contribution < 1.29 is 32.5 Å². The third-order valence-corrected chi connectivity index (χ3v) is 8.63. The van der Waals surface area contributed by atoms with Gasteiger partial charge in [-0.3, -0.25) is 4.68 Å². The summed E-state index contributed by atoms with van der Waals surface area (Å²) in [5.74, 6) is -1.58. The molecule has 1 aliphatic carbocycles. The van der Waals surface area contributed by atoms with E-state index in [2.05, 4.69) is 10.2 Å². The second-order valence-electron chi connectivity index (χ2n) is 10.2. The molecule has 0 amide bonds. The number of nitrogens with two attached hydrogens (primary N) is 1. The number of hydrogen-bond acceptors (Lipinski definition) is 10. The van der Waals surface area contributed by atoms with Crippen LogP contribution in [0.15, 0.2) is 41.7 Å². The Morgan fingerprint density at radius 1 is 1.27 bits per heavy atom. The van der Waals surface area contributed by atoms with Crippen LogP contribution in [0.2, 0.25) is 0 Å². The van der Waals surface area contributed by atoms with Crippen molar-refractivity contribution >= 4 is 27.3 Å². The quantitative estimate of drug-likeness (QED) is 0.165. The van der Waals surface area contributed by atoms with Crippen LogP contribution >= 0.6 is 0 Å². The Kier molecular flexibility index (Phi) is 7.44. The number of carbonyl (C=O) groups is 1. The van der Waals surface area contributed by atoms with Crippen molar-refractivity contribution in [2.45, 2.75) is 42.1 Å². The number of methoxy groups -OCH3 is 1. The van der Waals surface area contributed by atoms with Crippen LogP contribution in [0, 0.1) is 5.21 Å². The number of sulfone groups is 1. The maximum atomic E-state index is 12.9. The first-order valence-corrected chi connectivity index (χ1v) is 14.8. The Hall–Kier alpha value is -4.08. The largest absolute Gasteiger partial charge is 0.618 e. The molecule has 0 bridgehead atoms. The molecule has 1 fully saturated rings. The molecule has 0 saturated heterocycles. The summed E-state index contributed by atoms with van der Waals surface area (Å²) >= 11 is 0. The number of nitrogen functional groups attached to an aromatic ring is 1. The minimum Gasteiger partial charge on any atom is -0.618 e. The molecule has 0 aliphatic heterocycles. The van der Waals surface area contributed by atoms with E-state index in [-0.39, 0.29) is 48.1 Å². The number of nitrogens with zero attached hydrogens (tertiary/aromatic N) is 6. The van der Waals surface area contributed by atoms with E-state index >= 15 is 0 Å². The monoisotopic (exact) mass is 585 g/mol. The molecule has 3 N–H and O–H groups in total. The lowest BCUT2D eigenvalue weighted by molar-refractivity contribution is -0.593. The van der Waals surface area contributed by atoms with Gasteiger partial charge in [0, 0.05) is 38.6 Å². The molecule has 0 spiro atoms. The first-order chi connectivity index (χ1) is 19.4. The standard InChI is InChI=1S/C26H31N7O7S/c1-31-11-8-19(30-31)20-5-4-17(15-32(20)36)18-14-28-33-23(27)22(41(3,37)38)21(29-24(18)33)16-6-9-26(10-7-16,25(34)35)40-13-12-39-2/h4-5,8,11,14-16H,6-7,9-10,12-13,27H2,1-3H3,(H,34,35)/t16-,26-. The van der Waals surface area contributed by atoms with E-state index < -0.39 is 27.3 Å². The van der Waals surface area contributed by atoms with Gasteiger partial charge in [-0.15, -0.1) is 0 Å². The molecule has 0 unspecified atom stereocenters. The van der Waals surface area contributed by atoms with Crippen LogP contribution in [0.3, 0.4) is 0 Å². The van der Waals surface area contributed by atoms with E-state index in [1.54, 1.807) is 36.1 Å². The summed E-state index contributed by atoms with van der Waals surface area (Å²) in [6, 6.07) is 5.10. The molecule has 4 aromatic heterocycles. The van der Waals surface area contributed by atoms with E-state index in [0.29, 0.717) is 40.1 Å². The van der Waals surface area contributed by atoms with E-state index in [1.807, 2.05) is 0 Å². The van der Waals surface area contributed by atoms with Gasteiger partial charge in [0.2, 0.25) is 5.69 Å². The van der Waals surface area contributed by atoms with Gasteiger partial charge in [-0.25, -0.2) is 18.2 Å². The number of hydrogen-bond donors (Lipinski definition) is 2. The summed E-state index contributed by atoms with van der Waals surface area (Å²) in [4.78, 5) is 16.7. The molecule has 5 rings (SSSR count). The first kappa shape index (κ1) is 28.4. The predicted molar refractivity (Wildman–Crippen MR) is 147 cm³/mol. The number of carboxylic acid groups (broad SMARTS) is 1. The zero-order valence-corrected chi connectivity index (χ0v) is 23.7. The zero-order valence-electron chi connectivity index (χ0n) is 22.8. The smallest absolute Gasteiger partial charge is 0.335 e. The summed E-state index contributed by atoms with van der Waals surface area (Å²) < 4.78 is 40.1. The second kappa shape index (κ2) is 10.7. The average molecular weight is 586 g/mol. The molecule has 218 valence electrons. The van der Waals surface area contributed by atoms with Gasteiger partial charge in [0.05, 0.1) is 36.2 Å². The van der Waals surface area contributed by atoms with Gasteiger partial charge < -0.3 is 25.5 Å². The van der Waals surface area contributed by atoms with Crippen LogP contribution in [0.4, 0.5) is 5.82 Å². The molecule has 41 heavy (non-hydrogen) atoms. The molecule has 0 radical (unpaired) electrons. The van der Waals surface area contributed by atoms with Gasteiger partial charge in [0.15, 0.2) is 33.0 Å². The van der Waals surface area contributed by atoms with Crippen molar-refractivity contribution in [2.24, 2.45) is 7.05 Å². The molecule has 0 aromatic carbocycles. The van der Waals surface area contributed by atoms with E-state index in [1.165, 1.54) is 24.0 Å². The van der Waals surface area contributed by atoms with E-state index in [4.69, 9.17) is 20.2 Å². The molecule has 0 atom stereocenters. The van der Waals surface area contributed by atoms with Crippen LogP contribution < -0.4 is 10.5 Å². The van der Waals surface area contributed by atoms with Crippen molar-refractivity contribution in [2.75, 3.05) is 32.3 Å². The fourth-order valence-corrected chi connectivity index (χ4v) is 6.43. The lowest BCUT2D eigenvalue weighted by atomic mass is 9.77. The summed E-state index contributed by atoms with van der Waals surface area (Å²) in [5, 5.41) is 31.4. The number of rotatable bonds is 9. The molecule has 14 nitrogen and oxygen atoms in total. The number of carboxylic acids is 1. The first-order valence-electron chi connectivity index (χ1n) is 12.9. The molecular weight excluding hydrogens is 554 g/mol. The third kappa shape index (κ3) is 5.23. The van der Waals surface area contributed by atoms with Gasteiger partial charge in [-0.1, -0.05) is 0 Å². The third-order valence-electron chi connectivity index (χ3n) is 7.47. The van der Waals surface area contributed by atoms with Crippen LogP contribution in [-0.2, 0) is 31.2 Å². The van der Waals surface area contributed by atoms with Crippen molar-refractivity contribution in [3.63, 3.8) is 0 Å². The Balaban J connectivity index is 1.55. The normalized spacial score (nSPS) is 19.5. The highest BCUT2D eigenvalue weighted by Crippen LogP contribution is 2.43. The lowest BCUT2D eigenvalue weighted by Gasteiger charge is -2.36. The van der Waals surface area contributed by atoms with Gasteiger partial charge in [-0.2, -0.15) is 19.4 Å². The maximum absolute atomic E-state index is 12.9. The van der Waals surface area contributed by atoms with Crippen LogP contribution in [0.1, 0.15) is 37.3 Å². The van der Waals surface area contributed by atoms with Crippen molar-refractivity contribution in [1.82, 2.24) is 24.4 Å². The SMILES string of the molecule is COCCO[C@]1(C(=O)O)CC[C@@H](c2nc3c(-c4ccc(-c5ccn(C)n5)[n+]([O-])c4)cnn3c(N)c2S(C)(=O)=O)CC1. The number of anilines is 1. The van der Waals surface area contributed by atoms with Crippen molar-refractivity contribution in [3.05, 3.63) is 47.7 Å². The van der Waals surface area contributed by atoms with Gasteiger partial charge in [0.25, 0.3) is 0 Å². The van der Waals surface area contributed by atoms with Crippen molar-refractivity contribution in [3.8, 4) is 22.5 Å². The predicted octanol–water partition coefficient (Wildman–Crippen LogP) is 1.56. The van der Waals surface area contributed by atoms with E-state index in [0.717, 1.165) is 6.26 Å². The van der Waals surface area contributed by atoms with Gasteiger partial charge >= 0.3 is 5.97 Å². The highest BCUT2D eigenvalue weighted by Gasteiger charge is 2.44. The molecule has 15 heteroatoms. The summed E-state index contributed by atoms with van der Waals surface area (Å²) in [6.07, 6.45) is 6.58. The average Bonchev–Trinajstić information content (AvgIpc) is 3.54. The maximum Gasteiger partial charge on any atom is 0.335 e. The van der Waals surface area contributed by atoms with Crippen molar-refractivity contribution in [1.29, 1.82) is 0 Å². The van der Waals surface area contributed by atoms with Crippen LogP contribution in [0.5, 0.6) is 0 Å². The summed E-state index contributed by atoms with van der Waals surface area (Å²) in [5.41, 5.74) is 7.37. The lowest BCUT2D eigenvalue weighted by Crippen LogP contribution is -2.45.